The van der Waals surface area contributed by atoms with Crippen molar-refractivity contribution in [3.05, 3.63) is 72.9 Å². The van der Waals surface area contributed by atoms with Crippen LogP contribution in [-0.4, -0.2) is 73.4 Å². The minimum atomic E-state index is -4.35. The molecule has 0 fully saturated rings. The molecule has 3 unspecified atom stereocenters. The Hall–Kier alpha value is -2.06. The number of hydrogen-bond donors (Lipinski definition) is 3. The Labute approximate surface area is 268 Å². The summed E-state index contributed by atoms with van der Waals surface area (Å²) in [6, 6.07) is -0.900. The predicted octanol–water partition coefficient (Wildman–Crippen LogP) is 7.73. The minimum absolute atomic E-state index is 0.0393. The van der Waals surface area contributed by atoms with Gasteiger partial charge in [0.1, 0.15) is 13.2 Å². The second-order valence-corrected chi connectivity index (χ2v) is 13.2. The average molecular weight is 638 g/mol. The van der Waals surface area contributed by atoms with E-state index in [1.165, 1.54) is 19.3 Å². The van der Waals surface area contributed by atoms with E-state index in [0.29, 0.717) is 17.4 Å². The van der Waals surface area contributed by atoms with Crippen molar-refractivity contribution >= 4 is 13.7 Å². The van der Waals surface area contributed by atoms with Crippen molar-refractivity contribution in [2.45, 2.75) is 103 Å². The summed E-state index contributed by atoms with van der Waals surface area (Å²) >= 11 is 0. The molecule has 1 amide bonds. The zero-order chi connectivity index (χ0) is 32.9. The predicted molar refractivity (Wildman–Crippen MR) is 184 cm³/mol. The van der Waals surface area contributed by atoms with Crippen molar-refractivity contribution in [2.75, 3.05) is 40.9 Å². The summed E-state index contributed by atoms with van der Waals surface area (Å²) in [4.78, 5) is 22.8. The molecule has 0 heterocycles. The van der Waals surface area contributed by atoms with Crippen LogP contribution >= 0.6 is 7.82 Å². The molecule has 252 valence electrons. The molecular weight excluding hydrogens is 575 g/mol. The van der Waals surface area contributed by atoms with Gasteiger partial charge in [-0.3, -0.25) is 13.8 Å². The van der Waals surface area contributed by atoms with Gasteiger partial charge in [-0.2, -0.15) is 0 Å². The third-order valence-electron chi connectivity index (χ3n) is 6.42. The first-order valence-electron chi connectivity index (χ1n) is 16.3. The van der Waals surface area contributed by atoms with Crippen LogP contribution in [0.2, 0.25) is 0 Å². The van der Waals surface area contributed by atoms with E-state index in [9.17, 15) is 19.4 Å². The molecule has 0 bridgehead atoms. The summed E-state index contributed by atoms with van der Waals surface area (Å²) in [6.45, 7) is 4.50. The van der Waals surface area contributed by atoms with E-state index in [1.807, 2.05) is 39.4 Å². The standard InChI is InChI=1S/C35H61N2O6P/c1-6-8-10-12-14-16-17-18-19-21-23-25-27-29-35(39)36-33(32-43-44(40,41)42-31-30-37(3,4)5)34(38)28-26-24-22-20-15-13-11-9-7-2/h8,10,14-16,18-20,23,25-26,28,33-34,38H,6-7,9,11-13,17,21-22,24,27,29-32H2,1-5H3,(H-,36,39,40,41)/p+1/b10-8-,16-14-,19-18-,20-15+,25-23-,28-26+. The maximum absolute atomic E-state index is 12.7. The number of nitrogens with zero attached hydrogens (tertiary/aromatic N) is 1. The number of phosphoric ester groups is 1. The molecule has 8 nitrogen and oxygen atoms in total. The van der Waals surface area contributed by atoms with Crippen LogP contribution in [-0.2, 0) is 18.4 Å². The lowest BCUT2D eigenvalue weighted by Gasteiger charge is -2.25. The number of phosphoric acid groups is 1. The van der Waals surface area contributed by atoms with E-state index in [-0.39, 0.29) is 25.5 Å². The smallest absolute Gasteiger partial charge is 0.387 e. The van der Waals surface area contributed by atoms with Crippen LogP contribution in [0.25, 0.3) is 0 Å². The number of unbranched alkanes of at least 4 members (excludes halogenated alkanes) is 4. The molecule has 0 rings (SSSR count). The van der Waals surface area contributed by atoms with Gasteiger partial charge in [0.05, 0.1) is 39.9 Å². The second-order valence-electron chi connectivity index (χ2n) is 11.8. The lowest BCUT2D eigenvalue weighted by atomic mass is 10.1. The van der Waals surface area contributed by atoms with Gasteiger partial charge in [-0.25, -0.2) is 4.57 Å². The highest BCUT2D eigenvalue weighted by atomic mass is 31.2. The molecule has 0 aromatic heterocycles. The van der Waals surface area contributed by atoms with Gasteiger partial charge < -0.3 is 19.8 Å². The molecule has 44 heavy (non-hydrogen) atoms. The van der Waals surface area contributed by atoms with E-state index < -0.39 is 20.0 Å². The normalized spacial score (nSPS) is 15.9. The number of aliphatic hydroxyl groups is 1. The van der Waals surface area contributed by atoms with Crippen molar-refractivity contribution < 1.29 is 32.9 Å². The highest BCUT2D eigenvalue weighted by molar-refractivity contribution is 7.47. The van der Waals surface area contributed by atoms with Crippen LogP contribution in [0.4, 0.5) is 0 Å². The van der Waals surface area contributed by atoms with Gasteiger partial charge in [-0.15, -0.1) is 0 Å². The summed E-state index contributed by atoms with van der Waals surface area (Å²) in [5, 5.41) is 13.5. The third-order valence-corrected chi connectivity index (χ3v) is 7.41. The van der Waals surface area contributed by atoms with Crippen molar-refractivity contribution in [1.29, 1.82) is 0 Å². The fourth-order valence-electron chi connectivity index (χ4n) is 3.77. The van der Waals surface area contributed by atoms with E-state index in [1.54, 1.807) is 6.08 Å². The van der Waals surface area contributed by atoms with E-state index in [4.69, 9.17) is 9.05 Å². The topological polar surface area (TPSA) is 105 Å². The molecule has 0 aliphatic carbocycles. The Morgan fingerprint density at radius 1 is 0.795 bits per heavy atom. The summed E-state index contributed by atoms with van der Waals surface area (Å²) < 4.78 is 23.2. The molecule has 0 aromatic rings. The van der Waals surface area contributed by atoms with Gasteiger partial charge in [-0.1, -0.05) is 99.6 Å². The minimum Gasteiger partial charge on any atom is -0.387 e. The highest BCUT2D eigenvalue weighted by Crippen LogP contribution is 2.43. The average Bonchev–Trinajstić information content (AvgIpc) is 2.95. The number of likely N-dealkylation sites (N-methyl/N-ethyl adjacent to an activating group) is 1. The van der Waals surface area contributed by atoms with E-state index in [2.05, 4.69) is 67.8 Å². The molecule has 0 aliphatic heterocycles. The third kappa shape index (κ3) is 28.7. The van der Waals surface area contributed by atoms with Crippen LogP contribution in [0, 0.1) is 0 Å². The SMILES string of the molecule is CC/C=C\C/C=C\C/C=C\C/C=C\CCC(=O)NC(COP(=O)(O)OCC[N+](C)(C)C)C(O)/C=C/CC/C=C/CCCCC. The largest absolute Gasteiger partial charge is 0.472 e. The van der Waals surface area contributed by atoms with Crippen molar-refractivity contribution in [1.82, 2.24) is 5.32 Å². The van der Waals surface area contributed by atoms with Crippen molar-refractivity contribution in [3.8, 4) is 0 Å². The Balaban J connectivity index is 4.82. The first kappa shape index (κ1) is 41.9. The fourth-order valence-corrected chi connectivity index (χ4v) is 4.50. The number of hydrogen-bond acceptors (Lipinski definition) is 5. The number of quaternary nitrogens is 1. The highest BCUT2D eigenvalue weighted by Gasteiger charge is 2.27. The van der Waals surface area contributed by atoms with Gasteiger partial charge in [0.15, 0.2) is 0 Å². The Morgan fingerprint density at radius 2 is 1.36 bits per heavy atom. The zero-order valence-corrected chi connectivity index (χ0v) is 29.0. The Kier molecular flexibility index (Phi) is 26.0. The fraction of sp³-hybridized carbons (Fsp3) is 0.629. The molecule has 0 spiro atoms. The van der Waals surface area contributed by atoms with Gasteiger partial charge in [0, 0.05) is 6.42 Å². The molecule has 9 heteroatoms. The number of allylic oxidation sites excluding steroid dienone is 11. The molecule has 0 aromatic carbocycles. The maximum Gasteiger partial charge on any atom is 0.472 e. The Bertz CT molecular complexity index is 949. The number of aliphatic hydroxyl groups excluding tert-OH is 1. The van der Waals surface area contributed by atoms with Crippen molar-refractivity contribution in [3.63, 3.8) is 0 Å². The number of nitrogens with one attached hydrogen (secondary N) is 1. The van der Waals surface area contributed by atoms with Crippen LogP contribution in [0.15, 0.2) is 72.9 Å². The number of carbonyl (C=O) groups excluding carboxylic acids is 1. The van der Waals surface area contributed by atoms with Gasteiger partial charge in [0.25, 0.3) is 0 Å². The molecule has 0 aliphatic rings. The number of amides is 1. The van der Waals surface area contributed by atoms with Crippen molar-refractivity contribution in [2.24, 2.45) is 0 Å². The first-order valence-corrected chi connectivity index (χ1v) is 17.8. The van der Waals surface area contributed by atoms with Gasteiger partial charge >= 0.3 is 7.82 Å². The quantitative estimate of drug-likeness (QED) is 0.0369. The monoisotopic (exact) mass is 637 g/mol. The van der Waals surface area contributed by atoms with Crippen LogP contribution in [0.5, 0.6) is 0 Å². The van der Waals surface area contributed by atoms with E-state index >= 15 is 0 Å². The molecule has 0 saturated carbocycles. The number of rotatable bonds is 27. The summed E-state index contributed by atoms with van der Waals surface area (Å²) in [5.41, 5.74) is 0. The van der Waals surface area contributed by atoms with Gasteiger partial charge in [0.2, 0.25) is 5.91 Å². The lowest BCUT2D eigenvalue weighted by Crippen LogP contribution is -2.45. The van der Waals surface area contributed by atoms with Gasteiger partial charge in [-0.05, 0) is 57.8 Å². The maximum atomic E-state index is 12.7. The number of carbonyl (C=O) groups is 1. The molecule has 3 atom stereocenters. The van der Waals surface area contributed by atoms with Crippen LogP contribution in [0.3, 0.4) is 0 Å². The Morgan fingerprint density at radius 3 is 1.98 bits per heavy atom. The molecule has 3 N–H and O–H groups in total. The van der Waals surface area contributed by atoms with E-state index in [0.717, 1.165) is 44.9 Å². The molecular formula is C35H62N2O6P+. The first-order chi connectivity index (χ1) is 21.0. The van der Waals surface area contributed by atoms with Crippen LogP contribution < -0.4 is 5.32 Å². The summed E-state index contributed by atoms with van der Waals surface area (Å²) in [7, 11) is 1.49. The summed E-state index contributed by atoms with van der Waals surface area (Å²) in [6.07, 6.45) is 34.3. The lowest BCUT2D eigenvalue weighted by molar-refractivity contribution is -0.870. The molecule has 0 radical (unpaired) electrons. The molecule has 0 saturated heterocycles. The summed E-state index contributed by atoms with van der Waals surface area (Å²) in [5.74, 6) is -0.276. The van der Waals surface area contributed by atoms with Crippen LogP contribution in [0.1, 0.15) is 90.9 Å². The zero-order valence-electron chi connectivity index (χ0n) is 28.1. The second kappa shape index (κ2) is 27.3.